The van der Waals surface area contributed by atoms with Gasteiger partial charge in [-0.05, 0) is 18.9 Å². The predicted molar refractivity (Wildman–Crippen MR) is 59.2 cm³/mol. The summed E-state index contributed by atoms with van der Waals surface area (Å²) in [5.41, 5.74) is -0.626. The minimum absolute atomic E-state index is 0.503. The first-order valence-electron chi connectivity index (χ1n) is 5.43. The Morgan fingerprint density at radius 3 is 2.75 bits per heavy atom. The molecule has 1 unspecified atom stereocenters. The van der Waals surface area contributed by atoms with Crippen LogP contribution in [0.1, 0.15) is 19.8 Å². The summed E-state index contributed by atoms with van der Waals surface area (Å²) in [7, 11) is 0. The maximum absolute atomic E-state index is 11.3. The first-order chi connectivity index (χ1) is 7.68. The van der Waals surface area contributed by atoms with E-state index in [0.717, 1.165) is 0 Å². The molecule has 0 amide bonds. The summed E-state index contributed by atoms with van der Waals surface area (Å²) in [6, 6.07) is 1.75. The summed E-state index contributed by atoms with van der Waals surface area (Å²) in [6.45, 7) is 3.14. The maximum Gasteiger partial charge on any atom is 0.311 e. The van der Waals surface area contributed by atoms with Crippen LogP contribution in [0.2, 0.25) is 0 Å². The quantitative estimate of drug-likeness (QED) is 0.829. The Kier molecular flexibility index (Phi) is 2.77. The monoisotopic (exact) mass is 221 g/mol. The first-order valence-corrected chi connectivity index (χ1v) is 5.43. The van der Waals surface area contributed by atoms with E-state index in [-0.39, 0.29) is 0 Å². The molecule has 0 bridgehead atoms. The third kappa shape index (κ3) is 1.73. The average molecular weight is 221 g/mol. The molecule has 2 rings (SSSR count). The molecular formula is C11H15N3O2. The zero-order valence-corrected chi connectivity index (χ0v) is 9.26. The van der Waals surface area contributed by atoms with E-state index in [9.17, 15) is 9.90 Å². The van der Waals surface area contributed by atoms with Crippen molar-refractivity contribution in [1.82, 2.24) is 9.97 Å². The first kappa shape index (κ1) is 10.9. The minimum atomic E-state index is -0.714. The molecule has 0 spiro atoms. The van der Waals surface area contributed by atoms with E-state index >= 15 is 0 Å². The molecule has 1 N–H and O–H groups in total. The smallest absolute Gasteiger partial charge is 0.311 e. The molecule has 1 aromatic heterocycles. The fourth-order valence-corrected chi connectivity index (χ4v) is 2.11. The molecule has 0 saturated carbocycles. The third-order valence-corrected chi connectivity index (χ3v) is 3.32. The van der Waals surface area contributed by atoms with Gasteiger partial charge in [0.15, 0.2) is 0 Å². The third-order valence-electron chi connectivity index (χ3n) is 3.32. The van der Waals surface area contributed by atoms with Gasteiger partial charge in [0.05, 0.1) is 5.41 Å². The lowest BCUT2D eigenvalue weighted by molar-refractivity contribution is -0.147. The maximum atomic E-state index is 11.3. The van der Waals surface area contributed by atoms with Crippen molar-refractivity contribution < 1.29 is 9.90 Å². The Balaban J connectivity index is 2.17. The van der Waals surface area contributed by atoms with Crippen LogP contribution < -0.4 is 4.90 Å². The van der Waals surface area contributed by atoms with E-state index in [1.54, 1.807) is 18.5 Å². The lowest BCUT2D eigenvalue weighted by atomic mass is 9.84. The number of aliphatic carboxylic acids is 1. The molecule has 1 aromatic rings. The minimum Gasteiger partial charge on any atom is -0.481 e. The Morgan fingerprint density at radius 2 is 2.25 bits per heavy atom. The molecule has 1 aliphatic rings. The van der Waals surface area contributed by atoms with Crippen LogP contribution in [0, 0.1) is 5.41 Å². The van der Waals surface area contributed by atoms with E-state index < -0.39 is 11.4 Å². The van der Waals surface area contributed by atoms with E-state index in [0.29, 0.717) is 31.9 Å². The summed E-state index contributed by atoms with van der Waals surface area (Å²) in [4.78, 5) is 21.5. The fourth-order valence-electron chi connectivity index (χ4n) is 2.11. The highest BCUT2D eigenvalue weighted by molar-refractivity contribution is 5.76. The van der Waals surface area contributed by atoms with E-state index in [1.165, 1.54) is 0 Å². The van der Waals surface area contributed by atoms with Crippen molar-refractivity contribution in [3.63, 3.8) is 0 Å². The second-order valence-electron chi connectivity index (χ2n) is 4.16. The van der Waals surface area contributed by atoms with E-state index in [1.807, 2.05) is 11.8 Å². The number of rotatable bonds is 3. The van der Waals surface area contributed by atoms with Gasteiger partial charge in [-0.25, -0.2) is 9.97 Å². The lowest BCUT2D eigenvalue weighted by Gasteiger charge is -2.22. The standard InChI is InChI=1S/C11H15N3O2/c1-2-11(9(15)16)4-7-14(8-11)10-12-5-3-6-13-10/h3,5-6H,2,4,7-8H2,1H3,(H,15,16). The number of carboxylic acid groups (broad SMARTS) is 1. The number of carboxylic acids is 1. The van der Waals surface area contributed by atoms with E-state index in [4.69, 9.17) is 0 Å². The van der Waals surface area contributed by atoms with Crippen molar-refractivity contribution in [2.75, 3.05) is 18.0 Å². The summed E-state index contributed by atoms with van der Waals surface area (Å²) in [5.74, 6) is -0.0903. The number of carbonyl (C=O) groups is 1. The van der Waals surface area contributed by atoms with Crippen LogP contribution in [0.3, 0.4) is 0 Å². The van der Waals surface area contributed by atoms with Gasteiger partial charge in [0.25, 0.3) is 0 Å². The van der Waals surface area contributed by atoms with Crippen LogP contribution in [0.15, 0.2) is 18.5 Å². The lowest BCUT2D eigenvalue weighted by Crippen LogP contribution is -2.34. The van der Waals surface area contributed by atoms with Gasteiger partial charge in [-0.3, -0.25) is 4.79 Å². The van der Waals surface area contributed by atoms with Gasteiger partial charge in [0.1, 0.15) is 0 Å². The zero-order valence-electron chi connectivity index (χ0n) is 9.26. The van der Waals surface area contributed by atoms with Gasteiger partial charge in [-0.1, -0.05) is 6.92 Å². The van der Waals surface area contributed by atoms with Crippen LogP contribution >= 0.6 is 0 Å². The highest BCUT2D eigenvalue weighted by atomic mass is 16.4. The van der Waals surface area contributed by atoms with Crippen LogP contribution in [0.25, 0.3) is 0 Å². The highest BCUT2D eigenvalue weighted by Crippen LogP contribution is 2.35. The van der Waals surface area contributed by atoms with Gasteiger partial charge in [-0.15, -0.1) is 0 Å². The molecule has 1 atom stereocenters. The average Bonchev–Trinajstić information content (AvgIpc) is 2.76. The molecule has 1 aliphatic heterocycles. The van der Waals surface area contributed by atoms with Gasteiger partial charge in [-0.2, -0.15) is 0 Å². The second kappa shape index (κ2) is 4.08. The van der Waals surface area contributed by atoms with Gasteiger partial charge in [0.2, 0.25) is 5.95 Å². The summed E-state index contributed by atoms with van der Waals surface area (Å²) < 4.78 is 0. The normalized spacial score (nSPS) is 24.7. The second-order valence-corrected chi connectivity index (χ2v) is 4.16. The number of nitrogens with zero attached hydrogens (tertiary/aromatic N) is 3. The molecule has 5 heteroatoms. The molecule has 5 nitrogen and oxygen atoms in total. The summed E-state index contributed by atoms with van der Waals surface area (Å²) >= 11 is 0. The highest BCUT2D eigenvalue weighted by Gasteiger charge is 2.43. The van der Waals surface area contributed by atoms with Crippen LogP contribution in [0.5, 0.6) is 0 Å². The summed E-state index contributed by atoms with van der Waals surface area (Å²) in [6.07, 6.45) is 4.66. The molecule has 0 aliphatic carbocycles. The summed E-state index contributed by atoms with van der Waals surface area (Å²) in [5, 5.41) is 9.26. The van der Waals surface area contributed by atoms with Crippen molar-refractivity contribution in [2.45, 2.75) is 19.8 Å². The Morgan fingerprint density at radius 1 is 1.56 bits per heavy atom. The molecule has 0 aromatic carbocycles. The van der Waals surface area contributed by atoms with Crippen molar-refractivity contribution in [3.8, 4) is 0 Å². The van der Waals surface area contributed by atoms with Crippen LogP contribution in [-0.4, -0.2) is 34.1 Å². The van der Waals surface area contributed by atoms with Gasteiger partial charge >= 0.3 is 5.97 Å². The molecule has 86 valence electrons. The molecule has 1 fully saturated rings. The Labute approximate surface area is 94.1 Å². The largest absolute Gasteiger partial charge is 0.481 e. The van der Waals surface area contributed by atoms with E-state index in [2.05, 4.69) is 9.97 Å². The van der Waals surface area contributed by atoms with Gasteiger partial charge in [0, 0.05) is 25.5 Å². The topological polar surface area (TPSA) is 66.3 Å². The van der Waals surface area contributed by atoms with Crippen molar-refractivity contribution in [3.05, 3.63) is 18.5 Å². The molecule has 16 heavy (non-hydrogen) atoms. The molecule has 1 saturated heterocycles. The van der Waals surface area contributed by atoms with Crippen LogP contribution in [0.4, 0.5) is 5.95 Å². The van der Waals surface area contributed by atoms with Crippen molar-refractivity contribution in [1.29, 1.82) is 0 Å². The number of hydrogen-bond donors (Lipinski definition) is 1. The Hall–Kier alpha value is -1.65. The predicted octanol–water partition coefficient (Wildman–Crippen LogP) is 1.17. The molecule has 2 heterocycles. The van der Waals surface area contributed by atoms with Crippen molar-refractivity contribution in [2.24, 2.45) is 5.41 Å². The van der Waals surface area contributed by atoms with Crippen molar-refractivity contribution >= 4 is 11.9 Å². The fraction of sp³-hybridized carbons (Fsp3) is 0.545. The Bertz CT molecular complexity index is 382. The number of aromatic nitrogens is 2. The van der Waals surface area contributed by atoms with Crippen LogP contribution in [-0.2, 0) is 4.79 Å². The zero-order chi connectivity index (χ0) is 11.6. The number of anilines is 1. The molecule has 0 radical (unpaired) electrons. The number of hydrogen-bond acceptors (Lipinski definition) is 4. The molecular weight excluding hydrogens is 206 g/mol. The van der Waals surface area contributed by atoms with Gasteiger partial charge < -0.3 is 10.0 Å². The SMILES string of the molecule is CCC1(C(=O)O)CCN(c2ncccn2)C1.